The molecule has 21 heavy (non-hydrogen) atoms. The highest BCUT2D eigenvalue weighted by Gasteiger charge is 2.12. The molecular weight excluding hydrogens is 282 g/mol. The maximum Gasteiger partial charge on any atom is 0.337 e. The fraction of sp³-hybridized carbons (Fsp3) is 0.0588. The molecule has 104 valence electrons. The third kappa shape index (κ3) is 2.90. The summed E-state index contributed by atoms with van der Waals surface area (Å²) in [5, 5.41) is 11.7. The smallest absolute Gasteiger partial charge is 0.337 e. The van der Waals surface area contributed by atoms with E-state index in [0.29, 0.717) is 0 Å². The summed E-state index contributed by atoms with van der Waals surface area (Å²) < 4.78 is 0. The van der Waals surface area contributed by atoms with Gasteiger partial charge in [-0.1, -0.05) is 54.6 Å². The molecule has 1 N–H and O–H groups in total. The molecule has 2 aromatic carbocycles. The van der Waals surface area contributed by atoms with Crippen molar-refractivity contribution >= 4 is 28.5 Å². The number of carboxylic acids is 1. The van der Waals surface area contributed by atoms with Crippen molar-refractivity contribution in [2.45, 2.75) is 10.8 Å². The van der Waals surface area contributed by atoms with E-state index in [9.17, 15) is 9.90 Å². The summed E-state index contributed by atoms with van der Waals surface area (Å²) in [4.78, 5) is 15.6. The van der Waals surface area contributed by atoms with Crippen LogP contribution in [0.4, 0.5) is 0 Å². The molecular formula is C17H13NO2S. The topological polar surface area (TPSA) is 50.2 Å². The van der Waals surface area contributed by atoms with Gasteiger partial charge in [0.1, 0.15) is 5.03 Å². The maximum absolute atomic E-state index is 11.3. The first kappa shape index (κ1) is 13.6. The molecule has 4 heteroatoms. The molecule has 0 bridgehead atoms. The first-order valence-electron chi connectivity index (χ1n) is 6.53. The zero-order valence-electron chi connectivity index (χ0n) is 11.2. The van der Waals surface area contributed by atoms with Gasteiger partial charge in [-0.3, -0.25) is 0 Å². The first-order chi connectivity index (χ1) is 10.3. The van der Waals surface area contributed by atoms with Crippen LogP contribution in [0, 0.1) is 0 Å². The number of carboxylic acid groups (broad SMARTS) is 1. The molecule has 0 saturated carbocycles. The number of hydrogen-bond donors (Lipinski definition) is 1. The molecule has 0 spiro atoms. The summed E-state index contributed by atoms with van der Waals surface area (Å²) in [6, 6.07) is 17.6. The van der Waals surface area contributed by atoms with Crippen LogP contribution in [0.2, 0.25) is 0 Å². The van der Waals surface area contributed by atoms with Crippen LogP contribution in [0.5, 0.6) is 0 Å². The van der Waals surface area contributed by atoms with Gasteiger partial charge < -0.3 is 5.11 Å². The molecule has 3 aromatic rings. The lowest BCUT2D eigenvalue weighted by Gasteiger charge is -2.08. The van der Waals surface area contributed by atoms with Gasteiger partial charge in [-0.15, -0.1) is 11.8 Å². The molecule has 3 rings (SSSR count). The minimum absolute atomic E-state index is 0.245. The predicted molar refractivity (Wildman–Crippen MR) is 84.7 cm³/mol. The molecule has 0 aliphatic heterocycles. The highest BCUT2D eigenvalue weighted by Crippen LogP contribution is 2.30. The number of rotatable bonds is 4. The molecule has 0 radical (unpaired) electrons. The second kappa shape index (κ2) is 5.97. The number of aromatic nitrogens is 1. The fourth-order valence-corrected chi connectivity index (χ4v) is 3.13. The maximum atomic E-state index is 11.3. The average molecular weight is 295 g/mol. The number of thioether (sulfide) groups is 1. The van der Waals surface area contributed by atoms with Crippen molar-refractivity contribution < 1.29 is 9.90 Å². The summed E-state index contributed by atoms with van der Waals surface area (Å²) in [7, 11) is 0. The Labute approximate surface area is 126 Å². The van der Waals surface area contributed by atoms with Crippen molar-refractivity contribution in [2.24, 2.45) is 0 Å². The normalized spacial score (nSPS) is 10.7. The van der Waals surface area contributed by atoms with Crippen LogP contribution in [-0.4, -0.2) is 16.1 Å². The van der Waals surface area contributed by atoms with Crippen LogP contribution in [-0.2, 0) is 5.75 Å². The Hall–Kier alpha value is -2.33. The quantitative estimate of drug-likeness (QED) is 0.732. The van der Waals surface area contributed by atoms with Gasteiger partial charge in [0.25, 0.3) is 0 Å². The van der Waals surface area contributed by atoms with Gasteiger partial charge in [-0.05, 0) is 5.56 Å². The third-order valence-electron chi connectivity index (χ3n) is 3.21. The molecule has 0 atom stereocenters. The van der Waals surface area contributed by atoms with Crippen LogP contribution in [0.3, 0.4) is 0 Å². The van der Waals surface area contributed by atoms with Gasteiger partial charge in [0.05, 0.1) is 5.56 Å². The van der Waals surface area contributed by atoms with E-state index >= 15 is 0 Å². The van der Waals surface area contributed by atoms with Crippen molar-refractivity contribution in [3.63, 3.8) is 0 Å². The van der Waals surface area contributed by atoms with E-state index in [2.05, 4.69) is 17.1 Å². The van der Waals surface area contributed by atoms with Crippen molar-refractivity contribution in [1.29, 1.82) is 0 Å². The van der Waals surface area contributed by atoms with Gasteiger partial charge >= 0.3 is 5.97 Å². The highest BCUT2D eigenvalue weighted by atomic mass is 32.2. The number of benzene rings is 2. The van der Waals surface area contributed by atoms with Crippen molar-refractivity contribution in [2.75, 3.05) is 0 Å². The van der Waals surface area contributed by atoms with Gasteiger partial charge in [0.2, 0.25) is 0 Å². The van der Waals surface area contributed by atoms with E-state index in [0.717, 1.165) is 21.6 Å². The lowest BCUT2D eigenvalue weighted by Crippen LogP contribution is -1.99. The second-order valence-corrected chi connectivity index (χ2v) is 5.57. The standard InChI is InChI=1S/C17H13NO2S/c19-17(20)15-10-18-16(14-9-5-4-8-13(14)15)21-11-12-6-2-1-3-7-12/h1-10H,11H2,(H,19,20). The van der Waals surface area contributed by atoms with Crippen molar-refractivity contribution in [3.05, 3.63) is 71.9 Å². The number of fused-ring (bicyclic) bond motifs is 1. The number of aromatic carboxylic acids is 1. The van der Waals surface area contributed by atoms with E-state index in [1.165, 1.54) is 11.8 Å². The Bertz CT molecular complexity index is 787. The molecule has 0 unspecified atom stereocenters. The largest absolute Gasteiger partial charge is 0.478 e. The fourth-order valence-electron chi connectivity index (χ4n) is 2.18. The monoisotopic (exact) mass is 295 g/mol. The van der Waals surface area contributed by atoms with E-state index in [-0.39, 0.29) is 5.56 Å². The molecule has 1 heterocycles. The Kier molecular flexibility index (Phi) is 3.88. The molecule has 0 amide bonds. The Morgan fingerprint density at radius 3 is 2.38 bits per heavy atom. The third-order valence-corrected chi connectivity index (χ3v) is 4.28. The van der Waals surface area contributed by atoms with E-state index in [1.54, 1.807) is 11.8 Å². The minimum atomic E-state index is -0.946. The van der Waals surface area contributed by atoms with E-state index in [4.69, 9.17) is 0 Å². The molecule has 0 aliphatic carbocycles. The first-order valence-corrected chi connectivity index (χ1v) is 7.52. The Morgan fingerprint density at radius 2 is 1.67 bits per heavy atom. The summed E-state index contributed by atoms with van der Waals surface area (Å²) >= 11 is 1.62. The zero-order chi connectivity index (χ0) is 14.7. The molecule has 3 nitrogen and oxygen atoms in total. The number of hydrogen-bond acceptors (Lipinski definition) is 3. The SMILES string of the molecule is O=C(O)c1cnc(SCc2ccccc2)c2ccccc12. The lowest BCUT2D eigenvalue weighted by molar-refractivity contribution is 0.0698. The van der Waals surface area contributed by atoms with Gasteiger partial charge in [-0.25, -0.2) is 9.78 Å². The number of nitrogens with zero attached hydrogens (tertiary/aromatic N) is 1. The van der Waals surface area contributed by atoms with Crippen molar-refractivity contribution in [3.8, 4) is 0 Å². The minimum Gasteiger partial charge on any atom is -0.478 e. The summed E-state index contributed by atoms with van der Waals surface area (Å²) in [6.07, 6.45) is 1.44. The zero-order valence-corrected chi connectivity index (χ0v) is 12.0. The average Bonchev–Trinajstić information content (AvgIpc) is 2.53. The van der Waals surface area contributed by atoms with Gasteiger partial charge in [0.15, 0.2) is 0 Å². The van der Waals surface area contributed by atoms with Crippen LogP contribution >= 0.6 is 11.8 Å². The van der Waals surface area contributed by atoms with Crippen molar-refractivity contribution in [1.82, 2.24) is 4.98 Å². The Morgan fingerprint density at radius 1 is 1.00 bits per heavy atom. The van der Waals surface area contributed by atoms with Crippen LogP contribution in [0.1, 0.15) is 15.9 Å². The van der Waals surface area contributed by atoms with Crippen LogP contribution in [0.25, 0.3) is 10.8 Å². The highest BCUT2D eigenvalue weighted by molar-refractivity contribution is 7.98. The van der Waals surface area contributed by atoms with Gasteiger partial charge in [0, 0.05) is 22.7 Å². The number of pyridine rings is 1. The van der Waals surface area contributed by atoms with E-state index in [1.807, 2.05) is 42.5 Å². The Balaban J connectivity index is 1.96. The predicted octanol–water partition coefficient (Wildman–Crippen LogP) is 4.23. The summed E-state index contributed by atoms with van der Waals surface area (Å²) in [5.41, 5.74) is 1.46. The molecule has 1 aromatic heterocycles. The number of carbonyl (C=O) groups is 1. The van der Waals surface area contributed by atoms with E-state index < -0.39 is 5.97 Å². The lowest BCUT2D eigenvalue weighted by atomic mass is 10.1. The molecule has 0 fully saturated rings. The summed E-state index contributed by atoms with van der Waals surface area (Å²) in [6.45, 7) is 0. The van der Waals surface area contributed by atoms with Crippen LogP contribution < -0.4 is 0 Å². The second-order valence-electron chi connectivity index (χ2n) is 4.60. The van der Waals surface area contributed by atoms with Gasteiger partial charge in [-0.2, -0.15) is 0 Å². The molecule has 0 aliphatic rings. The molecule has 0 saturated heterocycles. The van der Waals surface area contributed by atoms with Crippen LogP contribution in [0.15, 0.2) is 65.8 Å². The summed E-state index contributed by atoms with van der Waals surface area (Å²) in [5.74, 6) is -0.136.